The highest BCUT2D eigenvalue weighted by molar-refractivity contribution is 7.98. The number of carbonyl (C=O) groups is 1. The molecule has 0 saturated carbocycles. The first-order valence-electron chi connectivity index (χ1n) is 10.4. The Morgan fingerprint density at radius 1 is 1.09 bits per heavy atom. The molecule has 0 fully saturated rings. The zero-order valence-electron chi connectivity index (χ0n) is 18.2. The number of aromatic nitrogens is 3. The lowest BCUT2D eigenvalue weighted by atomic mass is 10.1. The highest BCUT2D eigenvalue weighted by Crippen LogP contribution is 2.21. The Hall–Kier alpha value is -3.44. The fourth-order valence-electron chi connectivity index (χ4n) is 3.38. The van der Waals surface area contributed by atoms with Crippen molar-refractivity contribution in [3.63, 3.8) is 0 Å². The monoisotopic (exact) mass is 499 g/mol. The number of thioether (sulfide) groups is 1. The van der Waals surface area contributed by atoms with E-state index in [1.165, 1.54) is 30.3 Å². The average Bonchev–Trinajstić information content (AvgIpc) is 3.27. The second-order valence-electron chi connectivity index (χ2n) is 7.43. The maximum atomic E-state index is 13.1. The van der Waals surface area contributed by atoms with Crippen molar-refractivity contribution in [2.45, 2.75) is 17.4 Å². The number of sulfonamides is 1. The molecule has 11 heteroatoms. The molecule has 1 unspecified atom stereocenters. The number of fused-ring (bicyclic) bond motifs is 1. The first kappa shape index (κ1) is 23.7. The largest absolute Gasteiger partial charge is 0.342 e. The summed E-state index contributed by atoms with van der Waals surface area (Å²) in [5.41, 5.74) is 1.07. The van der Waals surface area contributed by atoms with Crippen LogP contribution in [0.2, 0.25) is 0 Å². The van der Waals surface area contributed by atoms with Gasteiger partial charge in [-0.15, -0.1) is 10.2 Å². The Bertz CT molecular complexity index is 1410. The van der Waals surface area contributed by atoms with Crippen LogP contribution < -0.4 is 10.0 Å². The van der Waals surface area contributed by atoms with Crippen LogP contribution in [-0.2, 0) is 10.0 Å². The van der Waals surface area contributed by atoms with Crippen LogP contribution >= 0.6 is 11.8 Å². The van der Waals surface area contributed by atoms with Gasteiger partial charge in [-0.2, -0.15) is 11.8 Å². The summed E-state index contributed by atoms with van der Waals surface area (Å²) in [6, 6.07) is 15.8. The van der Waals surface area contributed by atoms with Gasteiger partial charge in [0, 0.05) is 17.4 Å². The average molecular weight is 500 g/mol. The molecule has 0 spiro atoms. The number of benzene rings is 2. The van der Waals surface area contributed by atoms with Gasteiger partial charge < -0.3 is 5.32 Å². The quantitative estimate of drug-likeness (QED) is 0.362. The predicted octanol–water partition coefficient (Wildman–Crippen LogP) is 3.89. The number of anilines is 1. The molecule has 2 heterocycles. The van der Waals surface area contributed by atoms with E-state index in [0.717, 1.165) is 17.9 Å². The van der Waals surface area contributed by atoms with Crippen LogP contribution in [0.5, 0.6) is 0 Å². The van der Waals surface area contributed by atoms with E-state index in [1.54, 1.807) is 17.8 Å². The minimum atomic E-state index is -3.98. The molecule has 34 heavy (non-hydrogen) atoms. The number of hydrogen-bond acceptors (Lipinski definition) is 6. The van der Waals surface area contributed by atoms with Crippen molar-refractivity contribution in [1.29, 1.82) is 0 Å². The second kappa shape index (κ2) is 10.2. The maximum absolute atomic E-state index is 13.1. The third kappa shape index (κ3) is 5.37. The first-order valence-corrected chi connectivity index (χ1v) is 13.2. The Morgan fingerprint density at radius 2 is 1.88 bits per heavy atom. The van der Waals surface area contributed by atoms with E-state index in [0.29, 0.717) is 17.9 Å². The molecule has 2 aromatic heterocycles. The van der Waals surface area contributed by atoms with Gasteiger partial charge in [0.05, 0.1) is 10.9 Å². The van der Waals surface area contributed by atoms with Crippen molar-refractivity contribution < 1.29 is 17.6 Å². The molecule has 2 aromatic carbocycles. The molecule has 0 radical (unpaired) electrons. The molecule has 4 aromatic rings. The van der Waals surface area contributed by atoms with Gasteiger partial charge >= 0.3 is 0 Å². The second-order valence-corrected chi connectivity index (χ2v) is 10.1. The van der Waals surface area contributed by atoms with Crippen molar-refractivity contribution in [2.24, 2.45) is 0 Å². The Labute approximate surface area is 200 Å². The van der Waals surface area contributed by atoms with Gasteiger partial charge in [0.15, 0.2) is 11.5 Å². The molecular formula is C23H22FN5O3S2. The van der Waals surface area contributed by atoms with Crippen LogP contribution in [0.25, 0.3) is 5.65 Å². The van der Waals surface area contributed by atoms with E-state index in [4.69, 9.17) is 0 Å². The SMILES string of the molecule is CSCCC(NC(=O)c1cccc(S(=O)(=O)Nc2ccc(F)cc2)c1)c1nnc2ccccn12. The van der Waals surface area contributed by atoms with Crippen molar-refractivity contribution in [3.05, 3.63) is 90.1 Å². The Morgan fingerprint density at radius 3 is 2.65 bits per heavy atom. The number of amides is 1. The van der Waals surface area contributed by atoms with E-state index >= 15 is 0 Å². The smallest absolute Gasteiger partial charge is 0.261 e. The van der Waals surface area contributed by atoms with Crippen molar-refractivity contribution in [3.8, 4) is 0 Å². The number of hydrogen-bond donors (Lipinski definition) is 2. The molecule has 1 atom stereocenters. The topological polar surface area (TPSA) is 105 Å². The van der Waals surface area contributed by atoms with Gasteiger partial charge in [-0.1, -0.05) is 12.1 Å². The lowest BCUT2D eigenvalue weighted by Crippen LogP contribution is -2.30. The molecule has 1 amide bonds. The maximum Gasteiger partial charge on any atom is 0.261 e. The van der Waals surface area contributed by atoms with Crippen LogP contribution in [0.15, 0.2) is 77.8 Å². The molecule has 4 rings (SSSR count). The summed E-state index contributed by atoms with van der Waals surface area (Å²) in [5.74, 6) is 0.471. The summed E-state index contributed by atoms with van der Waals surface area (Å²) in [6.45, 7) is 0. The summed E-state index contributed by atoms with van der Waals surface area (Å²) in [4.78, 5) is 13.0. The van der Waals surface area contributed by atoms with Crippen molar-refractivity contribution in [1.82, 2.24) is 19.9 Å². The van der Waals surface area contributed by atoms with Crippen molar-refractivity contribution in [2.75, 3.05) is 16.7 Å². The van der Waals surface area contributed by atoms with Gasteiger partial charge in [-0.05, 0) is 73.0 Å². The summed E-state index contributed by atoms with van der Waals surface area (Å²) in [7, 11) is -3.98. The zero-order chi connectivity index (χ0) is 24.1. The molecule has 0 aliphatic carbocycles. The van der Waals surface area contributed by atoms with E-state index < -0.39 is 27.8 Å². The molecule has 2 N–H and O–H groups in total. The van der Waals surface area contributed by atoms with Crippen LogP contribution in [0.4, 0.5) is 10.1 Å². The third-order valence-corrected chi connectivity index (χ3v) is 7.09. The number of rotatable bonds is 9. The highest BCUT2D eigenvalue weighted by atomic mass is 32.2. The van der Waals surface area contributed by atoms with E-state index in [9.17, 15) is 17.6 Å². The number of nitrogens with zero attached hydrogens (tertiary/aromatic N) is 3. The number of halogens is 1. The number of carbonyl (C=O) groups excluding carboxylic acids is 1. The molecule has 0 saturated heterocycles. The summed E-state index contributed by atoms with van der Waals surface area (Å²) in [6.07, 6.45) is 4.42. The van der Waals surface area contributed by atoms with Crippen molar-refractivity contribution >= 4 is 39.0 Å². The number of nitrogens with one attached hydrogen (secondary N) is 2. The normalized spacial score (nSPS) is 12.4. The molecule has 176 valence electrons. The Balaban J connectivity index is 1.57. The number of pyridine rings is 1. The van der Waals surface area contributed by atoms with Crippen LogP contribution in [0.3, 0.4) is 0 Å². The van der Waals surface area contributed by atoms with Gasteiger partial charge in [0.25, 0.3) is 15.9 Å². The van der Waals surface area contributed by atoms with E-state index in [-0.39, 0.29) is 16.1 Å². The summed E-state index contributed by atoms with van der Waals surface area (Å²) >= 11 is 1.64. The fourth-order valence-corrected chi connectivity index (χ4v) is 4.95. The summed E-state index contributed by atoms with van der Waals surface area (Å²) < 4.78 is 42.9. The van der Waals surface area contributed by atoms with Crippen LogP contribution in [0, 0.1) is 5.82 Å². The highest BCUT2D eigenvalue weighted by Gasteiger charge is 2.22. The van der Waals surface area contributed by atoms with Gasteiger partial charge in [0.2, 0.25) is 0 Å². The standard InChI is InChI=1S/C23H22FN5O3S2/c1-33-14-12-20(22-27-26-21-7-2-3-13-29(21)22)25-23(30)16-5-4-6-19(15-16)34(31,32)28-18-10-8-17(24)9-11-18/h2-11,13,15,20,28H,12,14H2,1H3,(H,25,30). The van der Waals surface area contributed by atoms with Crippen LogP contribution in [0.1, 0.15) is 28.6 Å². The third-order valence-electron chi connectivity index (χ3n) is 5.07. The molecule has 0 aliphatic heterocycles. The fraction of sp³-hybridized carbons (Fsp3) is 0.174. The van der Waals surface area contributed by atoms with Gasteiger partial charge in [0.1, 0.15) is 5.82 Å². The van der Waals surface area contributed by atoms with E-state index in [2.05, 4.69) is 20.2 Å². The van der Waals surface area contributed by atoms with E-state index in [1.807, 2.05) is 35.1 Å². The molecule has 0 aliphatic rings. The van der Waals surface area contributed by atoms with Gasteiger partial charge in [-0.25, -0.2) is 12.8 Å². The predicted molar refractivity (Wildman–Crippen MR) is 130 cm³/mol. The lowest BCUT2D eigenvalue weighted by molar-refractivity contribution is 0.0933. The lowest BCUT2D eigenvalue weighted by Gasteiger charge is -2.17. The zero-order valence-corrected chi connectivity index (χ0v) is 19.8. The summed E-state index contributed by atoms with van der Waals surface area (Å²) in [5, 5.41) is 11.4. The first-order chi connectivity index (χ1) is 16.4. The molecule has 8 nitrogen and oxygen atoms in total. The Kier molecular flexibility index (Phi) is 7.13. The van der Waals surface area contributed by atoms with Gasteiger partial charge in [-0.3, -0.25) is 13.9 Å². The minimum Gasteiger partial charge on any atom is -0.342 e. The molecular weight excluding hydrogens is 477 g/mol. The van der Waals surface area contributed by atoms with Crippen LogP contribution in [-0.4, -0.2) is 40.9 Å². The minimum absolute atomic E-state index is 0.0851. The molecule has 0 bridgehead atoms.